The van der Waals surface area contributed by atoms with Crippen LogP contribution in [0.15, 0.2) is 0 Å². The highest BCUT2D eigenvalue weighted by molar-refractivity contribution is 5.78. The maximum Gasteiger partial charge on any atom is 0.224 e. The molecule has 94 valence electrons. The zero-order valence-corrected chi connectivity index (χ0v) is 10.8. The third-order valence-corrected chi connectivity index (χ3v) is 3.24. The summed E-state index contributed by atoms with van der Waals surface area (Å²) in [6, 6.07) is 0. The minimum atomic E-state index is 0.0614. The predicted molar refractivity (Wildman–Crippen MR) is 66.3 cm³/mol. The van der Waals surface area contributed by atoms with Crippen LogP contribution in [0.1, 0.15) is 19.8 Å². The van der Waals surface area contributed by atoms with Gasteiger partial charge in [-0.2, -0.15) is 0 Å². The SMILES string of the molecule is CNCC(C)C(=O)NCC1CCCN(C)C1. The number of carbonyl (C=O) groups is 1. The first-order valence-electron chi connectivity index (χ1n) is 6.24. The molecule has 1 aliphatic heterocycles. The summed E-state index contributed by atoms with van der Waals surface area (Å²) in [5, 5.41) is 6.08. The van der Waals surface area contributed by atoms with Gasteiger partial charge < -0.3 is 15.5 Å². The zero-order valence-electron chi connectivity index (χ0n) is 10.8. The minimum absolute atomic E-state index is 0.0614. The highest BCUT2D eigenvalue weighted by Crippen LogP contribution is 2.13. The van der Waals surface area contributed by atoms with Gasteiger partial charge in [-0.1, -0.05) is 6.92 Å². The van der Waals surface area contributed by atoms with Crippen LogP contribution in [-0.2, 0) is 4.79 Å². The molecule has 1 fully saturated rings. The molecule has 4 heteroatoms. The highest BCUT2D eigenvalue weighted by atomic mass is 16.1. The smallest absolute Gasteiger partial charge is 0.224 e. The van der Waals surface area contributed by atoms with E-state index >= 15 is 0 Å². The Balaban J connectivity index is 2.20. The number of rotatable bonds is 5. The van der Waals surface area contributed by atoms with Gasteiger partial charge in [-0.05, 0) is 39.4 Å². The van der Waals surface area contributed by atoms with Crippen LogP contribution < -0.4 is 10.6 Å². The molecule has 0 spiro atoms. The molecule has 1 aliphatic rings. The van der Waals surface area contributed by atoms with Crippen molar-refractivity contribution in [2.24, 2.45) is 11.8 Å². The topological polar surface area (TPSA) is 44.4 Å². The van der Waals surface area contributed by atoms with Crippen LogP contribution in [0.5, 0.6) is 0 Å². The molecular weight excluding hydrogens is 202 g/mol. The lowest BCUT2D eigenvalue weighted by Crippen LogP contribution is -2.41. The molecule has 0 aliphatic carbocycles. The van der Waals surface area contributed by atoms with E-state index in [1.54, 1.807) is 0 Å². The summed E-state index contributed by atoms with van der Waals surface area (Å²) < 4.78 is 0. The van der Waals surface area contributed by atoms with Crippen molar-refractivity contribution in [1.29, 1.82) is 0 Å². The molecule has 1 saturated heterocycles. The summed E-state index contributed by atoms with van der Waals surface area (Å²) in [7, 11) is 4.03. The van der Waals surface area contributed by atoms with E-state index < -0.39 is 0 Å². The van der Waals surface area contributed by atoms with Gasteiger partial charge in [-0.25, -0.2) is 0 Å². The van der Waals surface area contributed by atoms with Gasteiger partial charge in [-0.15, -0.1) is 0 Å². The molecular formula is C12H25N3O. The Bertz CT molecular complexity index is 220. The van der Waals surface area contributed by atoms with Crippen LogP contribution in [0, 0.1) is 11.8 Å². The van der Waals surface area contributed by atoms with Gasteiger partial charge in [0.15, 0.2) is 0 Å². The standard InChI is InChI=1S/C12H25N3O/c1-10(7-13-2)12(16)14-8-11-5-4-6-15(3)9-11/h10-11,13H,4-9H2,1-3H3,(H,14,16). The Kier molecular flexibility index (Phi) is 5.77. The number of nitrogens with one attached hydrogen (secondary N) is 2. The second-order valence-corrected chi connectivity index (χ2v) is 4.97. The lowest BCUT2D eigenvalue weighted by molar-refractivity contribution is -0.124. The van der Waals surface area contributed by atoms with Gasteiger partial charge in [0.25, 0.3) is 0 Å². The molecule has 2 atom stereocenters. The van der Waals surface area contributed by atoms with Crippen LogP contribution in [-0.4, -0.2) is 51.1 Å². The van der Waals surface area contributed by atoms with E-state index in [0.717, 1.165) is 19.6 Å². The summed E-state index contributed by atoms with van der Waals surface area (Å²) in [6.45, 7) is 5.84. The first kappa shape index (κ1) is 13.5. The quantitative estimate of drug-likeness (QED) is 0.710. The molecule has 4 nitrogen and oxygen atoms in total. The van der Waals surface area contributed by atoms with Gasteiger partial charge in [-0.3, -0.25) is 4.79 Å². The number of carbonyl (C=O) groups excluding carboxylic acids is 1. The van der Waals surface area contributed by atoms with Crippen LogP contribution in [0.25, 0.3) is 0 Å². The van der Waals surface area contributed by atoms with Gasteiger partial charge in [0, 0.05) is 25.6 Å². The molecule has 0 aromatic carbocycles. The molecule has 2 N–H and O–H groups in total. The molecule has 0 saturated carbocycles. The Labute approximate surface area is 98.8 Å². The van der Waals surface area contributed by atoms with E-state index in [-0.39, 0.29) is 11.8 Å². The largest absolute Gasteiger partial charge is 0.356 e. The molecule has 0 aromatic rings. The molecule has 1 rings (SSSR count). The van der Waals surface area contributed by atoms with E-state index in [2.05, 4.69) is 22.6 Å². The van der Waals surface area contributed by atoms with Crippen molar-refractivity contribution in [3.05, 3.63) is 0 Å². The van der Waals surface area contributed by atoms with E-state index in [4.69, 9.17) is 0 Å². The normalized spacial score (nSPS) is 24.1. The summed E-state index contributed by atoms with van der Waals surface area (Å²) >= 11 is 0. The van der Waals surface area contributed by atoms with Crippen molar-refractivity contribution in [1.82, 2.24) is 15.5 Å². The first-order valence-corrected chi connectivity index (χ1v) is 6.24. The van der Waals surface area contributed by atoms with Gasteiger partial charge >= 0.3 is 0 Å². The first-order chi connectivity index (χ1) is 7.63. The van der Waals surface area contributed by atoms with Gasteiger partial charge in [0.05, 0.1) is 0 Å². The van der Waals surface area contributed by atoms with Crippen molar-refractivity contribution in [3.63, 3.8) is 0 Å². The number of amides is 1. The molecule has 1 amide bonds. The fraction of sp³-hybridized carbons (Fsp3) is 0.917. The van der Waals surface area contributed by atoms with Crippen molar-refractivity contribution >= 4 is 5.91 Å². The Hall–Kier alpha value is -0.610. The maximum atomic E-state index is 11.7. The molecule has 0 radical (unpaired) electrons. The molecule has 2 unspecified atom stereocenters. The second-order valence-electron chi connectivity index (χ2n) is 4.97. The Morgan fingerprint density at radius 1 is 1.56 bits per heavy atom. The number of hydrogen-bond acceptors (Lipinski definition) is 3. The molecule has 0 aromatic heterocycles. The maximum absolute atomic E-state index is 11.7. The predicted octanol–water partition coefficient (Wildman–Crippen LogP) is 0.300. The lowest BCUT2D eigenvalue weighted by atomic mass is 9.98. The van der Waals surface area contributed by atoms with Crippen LogP contribution in [0.2, 0.25) is 0 Å². The van der Waals surface area contributed by atoms with Crippen molar-refractivity contribution < 1.29 is 4.79 Å². The van der Waals surface area contributed by atoms with Gasteiger partial charge in [0.2, 0.25) is 5.91 Å². The monoisotopic (exact) mass is 227 g/mol. The molecule has 0 bridgehead atoms. The van der Waals surface area contributed by atoms with Gasteiger partial charge in [0.1, 0.15) is 0 Å². The van der Waals surface area contributed by atoms with E-state index in [9.17, 15) is 4.79 Å². The minimum Gasteiger partial charge on any atom is -0.356 e. The Morgan fingerprint density at radius 3 is 2.94 bits per heavy atom. The number of piperidine rings is 1. The number of nitrogens with zero attached hydrogens (tertiary/aromatic N) is 1. The van der Waals surface area contributed by atoms with Crippen LogP contribution in [0.4, 0.5) is 0 Å². The van der Waals surface area contributed by atoms with Crippen molar-refractivity contribution in [3.8, 4) is 0 Å². The van der Waals surface area contributed by atoms with E-state index in [1.807, 2.05) is 14.0 Å². The summed E-state index contributed by atoms with van der Waals surface area (Å²) in [4.78, 5) is 14.0. The Morgan fingerprint density at radius 2 is 2.31 bits per heavy atom. The van der Waals surface area contributed by atoms with E-state index in [0.29, 0.717) is 5.92 Å². The number of hydrogen-bond donors (Lipinski definition) is 2. The van der Waals surface area contributed by atoms with Crippen LogP contribution in [0.3, 0.4) is 0 Å². The summed E-state index contributed by atoms with van der Waals surface area (Å²) in [5.41, 5.74) is 0. The fourth-order valence-electron chi connectivity index (χ4n) is 2.26. The van der Waals surface area contributed by atoms with Crippen molar-refractivity contribution in [2.45, 2.75) is 19.8 Å². The molecule has 16 heavy (non-hydrogen) atoms. The third kappa shape index (κ3) is 4.49. The summed E-state index contributed by atoms with van der Waals surface area (Å²) in [5.74, 6) is 0.860. The zero-order chi connectivity index (χ0) is 12.0. The molecule has 1 heterocycles. The average molecular weight is 227 g/mol. The van der Waals surface area contributed by atoms with E-state index in [1.165, 1.54) is 19.4 Å². The number of likely N-dealkylation sites (tertiary alicyclic amines) is 1. The third-order valence-electron chi connectivity index (χ3n) is 3.24. The fourth-order valence-corrected chi connectivity index (χ4v) is 2.26. The lowest BCUT2D eigenvalue weighted by Gasteiger charge is -2.30. The highest BCUT2D eigenvalue weighted by Gasteiger charge is 2.19. The van der Waals surface area contributed by atoms with Crippen LogP contribution >= 0.6 is 0 Å². The summed E-state index contributed by atoms with van der Waals surface area (Å²) in [6.07, 6.45) is 2.49. The van der Waals surface area contributed by atoms with Crippen molar-refractivity contribution in [2.75, 3.05) is 40.3 Å². The second kappa shape index (κ2) is 6.86. The average Bonchev–Trinajstić information content (AvgIpc) is 2.26.